The molecule has 5 rings (SSSR count). The maximum Gasteiger partial charge on any atom is 0.272 e. The van der Waals surface area contributed by atoms with Gasteiger partial charge in [-0.05, 0) is 49.6 Å². The Bertz CT molecular complexity index is 1260. The van der Waals surface area contributed by atoms with Crippen LogP contribution in [0.15, 0.2) is 48.9 Å². The number of fused-ring (bicyclic) bond motifs is 1. The number of hydrogen-bond donors (Lipinski definition) is 1. The molecule has 0 bridgehead atoms. The molecule has 1 N–H and O–H groups in total. The van der Waals surface area contributed by atoms with Gasteiger partial charge in [0.15, 0.2) is 0 Å². The van der Waals surface area contributed by atoms with Crippen molar-refractivity contribution in [2.45, 2.75) is 39.3 Å². The molecular formula is C27H30N6O3. The quantitative estimate of drug-likeness (QED) is 0.601. The fraction of sp³-hybridized carbons (Fsp3) is 0.370. The smallest absolute Gasteiger partial charge is 0.272 e. The summed E-state index contributed by atoms with van der Waals surface area (Å²) in [5.41, 5.74) is 5.04. The second-order valence-corrected chi connectivity index (χ2v) is 9.32. The minimum Gasteiger partial charge on any atom is -0.378 e. The first-order chi connectivity index (χ1) is 17.4. The Morgan fingerprint density at radius 3 is 2.44 bits per heavy atom. The molecule has 2 atom stereocenters. The number of ether oxygens (including phenoxy) is 1. The van der Waals surface area contributed by atoms with Gasteiger partial charge in [0.2, 0.25) is 5.91 Å². The molecule has 9 nitrogen and oxygen atoms in total. The van der Waals surface area contributed by atoms with Crippen LogP contribution in [0.5, 0.6) is 0 Å². The molecule has 36 heavy (non-hydrogen) atoms. The summed E-state index contributed by atoms with van der Waals surface area (Å²) in [6, 6.07) is 9.76. The molecule has 0 radical (unpaired) electrons. The third-order valence-corrected chi connectivity index (χ3v) is 6.74. The largest absolute Gasteiger partial charge is 0.378 e. The molecule has 0 spiro atoms. The van der Waals surface area contributed by atoms with Gasteiger partial charge >= 0.3 is 0 Å². The van der Waals surface area contributed by atoms with Crippen LogP contribution in [0.25, 0.3) is 11.1 Å². The lowest BCUT2D eigenvalue weighted by Gasteiger charge is -2.39. The summed E-state index contributed by atoms with van der Waals surface area (Å²) in [6.45, 7) is 7.83. The minimum absolute atomic E-state index is 0.0118. The summed E-state index contributed by atoms with van der Waals surface area (Å²) in [4.78, 5) is 42.1. The number of carbonyl (C=O) groups excluding carboxylic acids is 2. The zero-order valence-corrected chi connectivity index (χ0v) is 20.8. The van der Waals surface area contributed by atoms with E-state index >= 15 is 0 Å². The molecule has 3 aromatic rings. The number of carbonyl (C=O) groups is 2. The normalized spacial score (nSPS) is 19.5. The molecule has 1 aromatic carbocycles. The fourth-order valence-electron chi connectivity index (χ4n) is 4.93. The predicted molar refractivity (Wildman–Crippen MR) is 137 cm³/mol. The van der Waals surface area contributed by atoms with Crippen molar-refractivity contribution < 1.29 is 14.3 Å². The van der Waals surface area contributed by atoms with E-state index < -0.39 is 0 Å². The van der Waals surface area contributed by atoms with Crippen molar-refractivity contribution in [3.8, 4) is 11.1 Å². The average Bonchev–Trinajstić information content (AvgIpc) is 2.90. The number of nitrogens with one attached hydrogen (secondary N) is 1. The van der Waals surface area contributed by atoms with Crippen molar-refractivity contribution >= 4 is 23.3 Å². The molecule has 2 aliphatic rings. The van der Waals surface area contributed by atoms with Crippen LogP contribution in [0, 0.1) is 6.92 Å². The maximum absolute atomic E-state index is 12.8. The molecule has 9 heteroatoms. The summed E-state index contributed by atoms with van der Waals surface area (Å²) in [6.07, 6.45) is 5.93. The van der Waals surface area contributed by atoms with Crippen molar-refractivity contribution in [2.24, 2.45) is 0 Å². The van der Waals surface area contributed by atoms with E-state index in [4.69, 9.17) is 4.74 Å². The molecule has 2 aromatic heterocycles. The number of nitrogens with zero attached hydrogens (tertiary/aromatic N) is 5. The SMILES string of the molecule is CC(=O)N1c2ccc(-c3ccc(C(=O)N4CCOCC4)nc3)cc2[C@H](Nc2cnc(C)cn2)C[C@@H]1C. The van der Waals surface area contributed by atoms with Crippen LogP contribution in [0.1, 0.15) is 48.1 Å². The van der Waals surface area contributed by atoms with Crippen LogP contribution in [0.4, 0.5) is 11.5 Å². The first-order valence-electron chi connectivity index (χ1n) is 12.2. The Morgan fingerprint density at radius 1 is 1.00 bits per heavy atom. The molecule has 0 unspecified atom stereocenters. The van der Waals surface area contributed by atoms with Gasteiger partial charge in [-0.25, -0.2) is 4.98 Å². The molecule has 1 fully saturated rings. The van der Waals surface area contributed by atoms with Gasteiger partial charge in [0.05, 0.1) is 37.3 Å². The Kier molecular flexibility index (Phi) is 6.65. The number of rotatable bonds is 4. The van der Waals surface area contributed by atoms with Gasteiger partial charge in [-0.1, -0.05) is 12.1 Å². The lowest BCUT2D eigenvalue weighted by Crippen LogP contribution is -2.43. The van der Waals surface area contributed by atoms with Crippen LogP contribution in [-0.2, 0) is 9.53 Å². The highest BCUT2D eigenvalue weighted by atomic mass is 16.5. The van der Waals surface area contributed by atoms with E-state index in [0.717, 1.165) is 34.5 Å². The van der Waals surface area contributed by atoms with Gasteiger partial charge in [0.25, 0.3) is 5.91 Å². The van der Waals surface area contributed by atoms with E-state index in [0.29, 0.717) is 37.8 Å². The first kappa shape index (κ1) is 23.9. The zero-order valence-electron chi connectivity index (χ0n) is 20.8. The van der Waals surface area contributed by atoms with Crippen molar-refractivity contribution in [3.63, 3.8) is 0 Å². The van der Waals surface area contributed by atoms with Gasteiger partial charge < -0.3 is 19.9 Å². The lowest BCUT2D eigenvalue weighted by atomic mass is 9.89. The van der Waals surface area contributed by atoms with E-state index in [-0.39, 0.29) is 23.9 Å². The third kappa shape index (κ3) is 4.79. The standard InChI is InChI=1S/C27H30N6O3/c1-17-14-30-26(16-28-17)31-24-12-18(2)33(19(3)34)25-7-5-20(13-22(24)25)21-4-6-23(29-15-21)27(35)32-8-10-36-11-9-32/h4-7,13-16,18,24H,8-12H2,1-3H3,(H,30,31)/t18-,24+/m0/s1. The number of morpholine rings is 1. The van der Waals surface area contributed by atoms with Crippen LogP contribution < -0.4 is 10.2 Å². The first-order valence-corrected chi connectivity index (χ1v) is 12.2. The summed E-state index contributed by atoms with van der Waals surface area (Å²) >= 11 is 0. The molecule has 0 saturated carbocycles. The van der Waals surface area contributed by atoms with Gasteiger partial charge in [-0.3, -0.25) is 19.6 Å². The predicted octanol–water partition coefficient (Wildman–Crippen LogP) is 3.62. The number of amides is 2. The molecular weight excluding hydrogens is 456 g/mol. The van der Waals surface area contributed by atoms with E-state index in [1.807, 2.05) is 30.0 Å². The van der Waals surface area contributed by atoms with Crippen molar-refractivity contribution in [1.82, 2.24) is 19.9 Å². The van der Waals surface area contributed by atoms with Crippen LogP contribution in [0.2, 0.25) is 0 Å². The van der Waals surface area contributed by atoms with Crippen molar-refractivity contribution in [2.75, 3.05) is 36.5 Å². The minimum atomic E-state index is -0.0788. The number of hydrogen-bond acceptors (Lipinski definition) is 7. The molecule has 0 aliphatic carbocycles. The average molecular weight is 487 g/mol. The van der Waals surface area contributed by atoms with Crippen LogP contribution in [0.3, 0.4) is 0 Å². The molecule has 1 saturated heterocycles. The zero-order chi connectivity index (χ0) is 25.2. The number of pyridine rings is 1. The van der Waals surface area contributed by atoms with E-state index in [1.165, 1.54) is 0 Å². The maximum atomic E-state index is 12.8. The number of aryl methyl sites for hydroxylation is 1. The van der Waals surface area contributed by atoms with E-state index in [9.17, 15) is 9.59 Å². The Balaban J connectivity index is 1.45. The van der Waals surface area contributed by atoms with Crippen molar-refractivity contribution in [1.29, 1.82) is 0 Å². The van der Waals surface area contributed by atoms with Gasteiger partial charge in [0, 0.05) is 43.5 Å². The Hall–Kier alpha value is -3.85. The fourth-order valence-corrected chi connectivity index (χ4v) is 4.93. The molecule has 4 heterocycles. The highest BCUT2D eigenvalue weighted by molar-refractivity contribution is 5.95. The highest BCUT2D eigenvalue weighted by Crippen LogP contribution is 2.40. The second kappa shape index (κ2) is 10.0. The van der Waals surface area contributed by atoms with E-state index in [1.54, 1.807) is 36.5 Å². The topological polar surface area (TPSA) is 101 Å². The second-order valence-electron chi connectivity index (χ2n) is 9.32. The lowest BCUT2D eigenvalue weighted by molar-refractivity contribution is -0.117. The third-order valence-electron chi connectivity index (χ3n) is 6.74. The summed E-state index contributed by atoms with van der Waals surface area (Å²) in [5, 5.41) is 3.51. The monoisotopic (exact) mass is 486 g/mol. The van der Waals surface area contributed by atoms with E-state index in [2.05, 4.69) is 33.3 Å². The van der Waals surface area contributed by atoms with Gasteiger partial charge in [0.1, 0.15) is 11.5 Å². The molecule has 2 amide bonds. The number of aromatic nitrogens is 3. The summed E-state index contributed by atoms with van der Waals surface area (Å²) < 4.78 is 5.34. The van der Waals surface area contributed by atoms with Crippen molar-refractivity contribution in [3.05, 3.63) is 65.9 Å². The molecule has 186 valence electrons. The molecule has 2 aliphatic heterocycles. The van der Waals surface area contributed by atoms with Crippen LogP contribution >= 0.6 is 0 Å². The van der Waals surface area contributed by atoms with Gasteiger partial charge in [-0.2, -0.15) is 0 Å². The Labute approximate surface area is 210 Å². The number of anilines is 2. The summed E-state index contributed by atoms with van der Waals surface area (Å²) in [5.74, 6) is 0.626. The summed E-state index contributed by atoms with van der Waals surface area (Å²) in [7, 11) is 0. The van der Waals surface area contributed by atoms with Gasteiger partial charge in [-0.15, -0.1) is 0 Å². The Morgan fingerprint density at radius 2 is 1.78 bits per heavy atom. The highest BCUT2D eigenvalue weighted by Gasteiger charge is 2.33. The van der Waals surface area contributed by atoms with Crippen LogP contribution in [-0.4, -0.2) is 64.0 Å². The number of benzene rings is 1.